The monoisotopic (exact) mass is 350 g/mol. The van der Waals surface area contributed by atoms with Crippen molar-refractivity contribution in [1.82, 2.24) is 25.1 Å². The van der Waals surface area contributed by atoms with E-state index in [0.717, 1.165) is 0 Å². The van der Waals surface area contributed by atoms with E-state index in [1.165, 1.54) is 6.20 Å². The van der Waals surface area contributed by atoms with Crippen LogP contribution in [0.3, 0.4) is 0 Å². The molecule has 0 aliphatic rings. The molecule has 9 nitrogen and oxygen atoms in total. The van der Waals surface area contributed by atoms with Crippen LogP contribution in [0.4, 0.5) is 10.7 Å². The van der Waals surface area contributed by atoms with E-state index in [9.17, 15) is 9.59 Å². The van der Waals surface area contributed by atoms with Crippen LogP contribution < -0.4 is 16.2 Å². The second-order valence-electron chi connectivity index (χ2n) is 7.73. The standard InChI is InChI=1S/C16H26N6O3/c1-15(2,3)22-11-10(9-19-22)12(23)21-13(20-11)17-7-8-18-14(24)25-16(4,5)6/h9H,7-8H2,1-6H3,(H,18,24)(H2,17,20,21,23). The van der Waals surface area contributed by atoms with Crippen LogP contribution >= 0.6 is 0 Å². The van der Waals surface area contributed by atoms with Crippen molar-refractivity contribution in [3.05, 3.63) is 16.6 Å². The molecule has 0 aliphatic carbocycles. The molecule has 2 rings (SSSR count). The van der Waals surface area contributed by atoms with E-state index >= 15 is 0 Å². The Morgan fingerprint density at radius 1 is 1.24 bits per heavy atom. The van der Waals surface area contributed by atoms with Crippen LogP contribution in [-0.2, 0) is 10.3 Å². The number of amides is 1. The lowest BCUT2D eigenvalue weighted by Crippen LogP contribution is -2.35. The van der Waals surface area contributed by atoms with Crippen molar-refractivity contribution in [2.24, 2.45) is 0 Å². The maximum atomic E-state index is 12.2. The topological polar surface area (TPSA) is 114 Å². The SMILES string of the molecule is CC(C)(C)OC(=O)NCCNc1nc2c(cnn2C(C)(C)C)c(=O)[nH]1. The van der Waals surface area contributed by atoms with Gasteiger partial charge in [-0.2, -0.15) is 10.1 Å². The average molecular weight is 350 g/mol. The fraction of sp³-hybridized carbons (Fsp3) is 0.625. The highest BCUT2D eigenvalue weighted by molar-refractivity contribution is 5.74. The molecule has 0 saturated carbocycles. The second kappa shape index (κ2) is 6.73. The number of carbonyl (C=O) groups excluding carboxylic acids is 1. The summed E-state index contributed by atoms with van der Waals surface area (Å²) in [6, 6.07) is 0. The van der Waals surface area contributed by atoms with Crippen molar-refractivity contribution < 1.29 is 9.53 Å². The van der Waals surface area contributed by atoms with E-state index < -0.39 is 11.7 Å². The normalized spacial score (nSPS) is 12.2. The first-order chi connectivity index (χ1) is 11.5. The predicted molar refractivity (Wildman–Crippen MR) is 95.9 cm³/mol. The molecule has 0 bridgehead atoms. The Morgan fingerprint density at radius 2 is 1.92 bits per heavy atom. The van der Waals surface area contributed by atoms with Gasteiger partial charge in [-0.3, -0.25) is 9.78 Å². The van der Waals surface area contributed by atoms with E-state index in [1.807, 2.05) is 20.8 Å². The van der Waals surface area contributed by atoms with E-state index in [4.69, 9.17) is 4.74 Å². The molecule has 0 atom stereocenters. The summed E-state index contributed by atoms with van der Waals surface area (Å²) < 4.78 is 6.86. The predicted octanol–water partition coefficient (Wildman–Crippen LogP) is 1.81. The largest absolute Gasteiger partial charge is 0.444 e. The number of carbonyl (C=O) groups is 1. The first kappa shape index (κ1) is 18.8. The van der Waals surface area contributed by atoms with Gasteiger partial charge in [-0.25, -0.2) is 9.48 Å². The van der Waals surface area contributed by atoms with E-state index in [-0.39, 0.29) is 11.1 Å². The Morgan fingerprint density at radius 3 is 2.52 bits per heavy atom. The molecule has 2 aromatic heterocycles. The number of ether oxygens (including phenoxy) is 1. The fourth-order valence-electron chi connectivity index (χ4n) is 2.15. The summed E-state index contributed by atoms with van der Waals surface area (Å²) >= 11 is 0. The molecule has 0 aliphatic heterocycles. The molecule has 2 heterocycles. The molecule has 0 aromatic carbocycles. The maximum Gasteiger partial charge on any atom is 0.407 e. The minimum absolute atomic E-state index is 0.261. The van der Waals surface area contributed by atoms with Gasteiger partial charge in [0.1, 0.15) is 11.0 Å². The van der Waals surface area contributed by atoms with E-state index in [1.54, 1.807) is 25.5 Å². The number of nitrogens with one attached hydrogen (secondary N) is 3. The Hall–Kier alpha value is -2.58. The molecule has 3 N–H and O–H groups in total. The van der Waals surface area contributed by atoms with Gasteiger partial charge < -0.3 is 15.4 Å². The number of aromatic nitrogens is 4. The molecule has 9 heteroatoms. The van der Waals surface area contributed by atoms with Crippen molar-refractivity contribution >= 4 is 23.1 Å². The van der Waals surface area contributed by atoms with Gasteiger partial charge >= 0.3 is 6.09 Å². The van der Waals surface area contributed by atoms with Gasteiger partial charge in [-0.05, 0) is 41.5 Å². The molecule has 138 valence electrons. The number of fused-ring (bicyclic) bond motifs is 1. The lowest BCUT2D eigenvalue weighted by atomic mass is 10.1. The molecule has 2 aromatic rings. The van der Waals surface area contributed by atoms with Crippen LogP contribution in [0.5, 0.6) is 0 Å². The van der Waals surface area contributed by atoms with E-state index in [0.29, 0.717) is 30.1 Å². The Balaban J connectivity index is 2.02. The summed E-state index contributed by atoms with van der Waals surface area (Å²) in [5.41, 5.74) is -0.583. The van der Waals surface area contributed by atoms with Crippen molar-refractivity contribution in [1.29, 1.82) is 0 Å². The summed E-state index contributed by atoms with van der Waals surface area (Å²) in [7, 11) is 0. The first-order valence-electron chi connectivity index (χ1n) is 8.16. The Labute approximate surface area is 146 Å². The molecular formula is C16H26N6O3. The lowest BCUT2D eigenvalue weighted by molar-refractivity contribution is 0.0530. The van der Waals surface area contributed by atoms with Gasteiger partial charge in [0.15, 0.2) is 5.65 Å². The number of alkyl carbamates (subject to hydrolysis) is 1. The van der Waals surface area contributed by atoms with Gasteiger partial charge in [0.2, 0.25) is 5.95 Å². The fourth-order valence-corrected chi connectivity index (χ4v) is 2.15. The molecule has 0 radical (unpaired) electrons. The van der Waals surface area contributed by atoms with Crippen LogP contribution in [0.1, 0.15) is 41.5 Å². The summed E-state index contributed by atoms with van der Waals surface area (Å²) in [5, 5.41) is 10.3. The zero-order chi connectivity index (χ0) is 18.8. The van der Waals surface area contributed by atoms with Crippen molar-refractivity contribution in [3.8, 4) is 0 Å². The summed E-state index contributed by atoms with van der Waals surface area (Å²) in [4.78, 5) is 30.8. The van der Waals surface area contributed by atoms with Gasteiger partial charge in [-0.15, -0.1) is 0 Å². The van der Waals surface area contributed by atoms with Crippen molar-refractivity contribution in [3.63, 3.8) is 0 Å². The molecular weight excluding hydrogens is 324 g/mol. The molecule has 25 heavy (non-hydrogen) atoms. The highest BCUT2D eigenvalue weighted by Gasteiger charge is 2.20. The zero-order valence-electron chi connectivity index (χ0n) is 15.6. The number of H-pyrrole nitrogens is 1. The van der Waals surface area contributed by atoms with E-state index in [2.05, 4.69) is 25.7 Å². The van der Waals surface area contributed by atoms with Crippen LogP contribution in [0.25, 0.3) is 11.0 Å². The lowest BCUT2D eigenvalue weighted by Gasteiger charge is -2.20. The molecule has 0 fully saturated rings. The Bertz CT molecular complexity index is 810. The minimum atomic E-state index is -0.541. The number of anilines is 1. The molecule has 0 spiro atoms. The molecule has 0 saturated heterocycles. The highest BCUT2D eigenvalue weighted by Crippen LogP contribution is 2.18. The maximum absolute atomic E-state index is 12.2. The number of hydrogen-bond donors (Lipinski definition) is 3. The van der Waals surface area contributed by atoms with Gasteiger partial charge in [0, 0.05) is 13.1 Å². The van der Waals surface area contributed by atoms with Crippen LogP contribution in [-0.4, -0.2) is 44.5 Å². The van der Waals surface area contributed by atoms with Gasteiger partial charge in [-0.1, -0.05) is 0 Å². The van der Waals surface area contributed by atoms with Crippen LogP contribution in [0.2, 0.25) is 0 Å². The third-order valence-corrected chi connectivity index (χ3v) is 3.16. The zero-order valence-corrected chi connectivity index (χ0v) is 15.6. The van der Waals surface area contributed by atoms with Crippen molar-refractivity contribution in [2.45, 2.75) is 52.7 Å². The van der Waals surface area contributed by atoms with Gasteiger partial charge in [0.05, 0.1) is 11.7 Å². The molecule has 0 unspecified atom stereocenters. The quantitative estimate of drug-likeness (QED) is 0.725. The molecule has 1 amide bonds. The minimum Gasteiger partial charge on any atom is -0.444 e. The number of nitrogens with zero attached hydrogens (tertiary/aromatic N) is 3. The third kappa shape index (κ3) is 4.94. The number of aromatic amines is 1. The van der Waals surface area contributed by atoms with Crippen LogP contribution in [0, 0.1) is 0 Å². The summed E-state index contributed by atoms with van der Waals surface area (Å²) in [5.74, 6) is 0.328. The summed E-state index contributed by atoms with van der Waals surface area (Å²) in [6.07, 6.45) is 1.03. The van der Waals surface area contributed by atoms with Crippen molar-refractivity contribution in [2.75, 3.05) is 18.4 Å². The number of hydrogen-bond acceptors (Lipinski definition) is 6. The highest BCUT2D eigenvalue weighted by atomic mass is 16.6. The van der Waals surface area contributed by atoms with Gasteiger partial charge in [0.25, 0.3) is 5.56 Å². The van der Waals surface area contributed by atoms with Crippen LogP contribution in [0.15, 0.2) is 11.0 Å². The third-order valence-electron chi connectivity index (χ3n) is 3.16. The second-order valence-corrected chi connectivity index (χ2v) is 7.73. The Kier molecular flexibility index (Phi) is 5.05. The smallest absolute Gasteiger partial charge is 0.407 e. The summed E-state index contributed by atoms with van der Waals surface area (Å²) in [6.45, 7) is 12.1. The average Bonchev–Trinajstić information content (AvgIpc) is 2.86. The first-order valence-corrected chi connectivity index (χ1v) is 8.16. The number of rotatable bonds is 4.